The van der Waals surface area contributed by atoms with Gasteiger partial charge in [0.15, 0.2) is 6.61 Å². The summed E-state index contributed by atoms with van der Waals surface area (Å²) in [6.45, 7) is -0.570. The summed E-state index contributed by atoms with van der Waals surface area (Å²) in [5.74, 6) is -0.752. The van der Waals surface area contributed by atoms with Crippen LogP contribution in [0.5, 0.6) is 0 Å². The van der Waals surface area contributed by atoms with Crippen molar-refractivity contribution in [3.05, 3.63) is 23.4 Å². The summed E-state index contributed by atoms with van der Waals surface area (Å²) in [7, 11) is 1.36. The summed E-state index contributed by atoms with van der Waals surface area (Å²) in [6.07, 6.45) is 1.40. The highest BCUT2D eigenvalue weighted by molar-refractivity contribution is 6.30. The molecule has 0 saturated carbocycles. The topological polar surface area (TPSA) is 77.5 Å². The van der Waals surface area contributed by atoms with E-state index in [0.717, 1.165) is 0 Å². The molecule has 0 bridgehead atoms. The van der Waals surface area contributed by atoms with E-state index < -0.39 is 11.9 Å². The molecule has 0 fully saturated rings. The van der Waals surface area contributed by atoms with E-state index in [1.165, 1.54) is 19.4 Å². The van der Waals surface area contributed by atoms with E-state index in [-0.39, 0.29) is 13.2 Å². The molecule has 1 heterocycles. The molecule has 0 radical (unpaired) electrons. The zero-order valence-corrected chi connectivity index (χ0v) is 9.86. The monoisotopic (exact) mass is 258 g/mol. The van der Waals surface area contributed by atoms with E-state index in [0.29, 0.717) is 10.8 Å². The highest BCUT2D eigenvalue weighted by Gasteiger charge is 2.07. The second-order valence-electron chi connectivity index (χ2n) is 3.00. The molecule has 1 amide bonds. The van der Waals surface area contributed by atoms with Crippen LogP contribution in [0.3, 0.4) is 0 Å². The first kappa shape index (κ1) is 13.4. The Bertz CT molecular complexity index is 394. The number of hydrogen-bond acceptors (Lipinski definition) is 5. The molecule has 0 aliphatic heterocycles. The fourth-order valence-corrected chi connectivity index (χ4v) is 1.05. The Kier molecular flexibility index (Phi) is 5.38. The van der Waals surface area contributed by atoms with Gasteiger partial charge in [0.2, 0.25) is 0 Å². The van der Waals surface area contributed by atoms with Gasteiger partial charge in [-0.15, -0.1) is 0 Å². The number of aromatic nitrogens is 1. The van der Waals surface area contributed by atoms with Crippen LogP contribution in [-0.4, -0.2) is 37.2 Å². The lowest BCUT2D eigenvalue weighted by molar-refractivity contribution is -0.150. The van der Waals surface area contributed by atoms with Gasteiger partial charge in [-0.1, -0.05) is 11.6 Å². The number of ether oxygens (including phenoxy) is 2. The molecule has 92 valence electrons. The summed E-state index contributed by atoms with van der Waals surface area (Å²) in [6, 6.07) is 3.12. The SMILES string of the molecule is COCC(=O)OCC(=O)Nc1ccc(Cl)cn1. The molecule has 1 aromatic rings. The highest BCUT2D eigenvalue weighted by atomic mass is 35.5. The maximum absolute atomic E-state index is 11.3. The molecule has 0 aliphatic rings. The molecule has 6 nitrogen and oxygen atoms in total. The summed E-state index contributed by atoms with van der Waals surface area (Å²) in [5.41, 5.74) is 0. The van der Waals surface area contributed by atoms with E-state index in [9.17, 15) is 9.59 Å². The van der Waals surface area contributed by atoms with Crippen LogP contribution in [0, 0.1) is 0 Å². The fraction of sp³-hybridized carbons (Fsp3) is 0.300. The lowest BCUT2D eigenvalue weighted by Crippen LogP contribution is -2.22. The van der Waals surface area contributed by atoms with Crippen molar-refractivity contribution in [2.75, 3.05) is 25.6 Å². The van der Waals surface area contributed by atoms with E-state index in [4.69, 9.17) is 11.6 Å². The second-order valence-corrected chi connectivity index (χ2v) is 3.44. The summed E-state index contributed by atoms with van der Waals surface area (Å²) >= 11 is 5.63. The molecule has 17 heavy (non-hydrogen) atoms. The van der Waals surface area contributed by atoms with Gasteiger partial charge in [0.05, 0.1) is 5.02 Å². The number of amides is 1. The number of esters is 1. The van der Waals surface area contributed by atoms with Gasteiger partial charge in [-0.2, -0.15) is 0 Å². The average Bonchev–Trinajstić information content (AvgIpc) is 2.30. The quantitative estimate of drug-likeness (QED) is 0.793. The number of nitrogens with one attached hydrogen (secondary N) is 1. The average molecular weight is 259 g/mol. The number of carbonyl (C=O) groups excluding carboxylic acids is 2. The minimum atomic E-state index is -0.605. The molecule has 7 heteroatoms. The first-order valence-corrected chi connectivity index (χ1v) is 5.05. The van der Waals surface area contributed by atoms with Crippen molar-refractivity contribution in [1.29, 1.82) is 0 Å². The van der Waals surface area contributed by atoms with Crippen LogP contribution in [-0.2, 0) is 19.1 Å². The third-order valence-electron chi connectivity index (χ3n) is 1.62. The molecule has 0 spiro atoms. The Morgan fingerprint density at radius 2 is 2.18 bits per heavy atom. The van der Waals surface area contributed by atoms with Gasteiger partial charge < -0.3 is 14.8 Å². The maximum atomic E-state index is 11.3. The van der Waals surface area contributed by atoms with Gasteiger partial charge in [0, 0.05) is 13.3 Å². The molecular formula is C10H11ClN2O4. The van der Waals surface area contributed by atoms with Gasteiger partial charge in [-0.25, -0.2) is 9.78 Å². The van der Waals surface area contributed by atoms with Crippen molar-refractivity contribution in [2.45, 2.75) is 0 Å². The Labute approximate surface area is 103 Å². The lowest BCUT2D eigenvalue weighted by atomic mass is 10.4. The third kappa shape index (κ3) is 5.28. The Balaban J connectivity index is 2.34. The molecule has 0 saturated heterocycles. The zero-order chi connectivity index (χ0) is 12.7. The third-order valence-corrected chi connectivity index (χ3v) is 1.84. The smallest absolute Gasteiger partial charge is 0.332 e. The molecule has 1 N–H and O–H groups in total. The largest absolute Gasteiger partial charge is 0.454 e. The summed E-state index contributed by atoms with van der Waals surface area (Å²) in [5, 5.41) is 2.91. The molecule has 0 atom stereocenters. The van der Waals surface area contributed by atoms with Crippen molar-refractivity contribution in [1.82, 2.24) is 4.98 Å². The van der Waals surface area contributed by atoms with Gasteiger partial charge in [0.1, 0.15) is 12.4 Å². The van der Waals surface area contributed by atoms with E-state index in [2.05, 4.69) is 19.8 Å². The number of hydrogen-bond donors (Lipinski definition) is 1. The number of carbonyl (C=O) groups is 2. The number of nitrogens with zero attached hydrogens (tertiary/aromatic N) is 1. The molecule has 0 aliphatic carbocycles. The molecule has 0 aromatic carbocycles. The van der Waals surface area contributed by atoms with Crippen LogP contribution in [0.4, 0.5) is 5.82 Å². The Hall–Kier alpha value is -1.66. The Morgan fingerprint density at radius 3 is 2.76 bits per heavy atom. The van der Waals surface area contributed by atoms with Gasteiger partial charge in [-0.3, -0.25) is 4.79 Å². The fourth-order valence-electron chi connectivity index (χ4n) is 0.934. The van der Waals surface area contributed by atoms with Crippen molar-refractivity contribution in [3.8, 4) is 0 Å². The Morgan fingerprint density at radius 1 is 1.41 bits per heavy atom. The maximum Gasteiger partial charge on any atom is 0.332 e. The second kappa shape index (κ2) is 6.82. The zero-order valence-electron chi connectivity index (χ0n) is 9.10. The van der Waals surface area contributed by atoms with Crippen LogP contribution < -0.4 is 5.32 Å². The van der Waals surface area contributed by atoms with Gasteiger partial charge in [0.25, 0.3) is 5.91 Å². The predicted molar refractivity (Wildman–Crippen MR) is 60.7 cm³/mol. The molecule has 0 unspecified atom stereocenters. The van der Waals surface area contributed by atoms with E-state index >= 15 is 0 Å². The number of anilines is 1. The van der Waals surface area contributed by atoms with Crippen molar-refractivity contribution >= 4 is 29.3 Å². The lowest BCUT2D eigenvalue weighted by Gasteiger charge is -2.05. The number of halogens is 1. The van der Waals surface area contributed by atoms with Crippen molar-refractivity contribution in [3.63, 3.8) is 0 Å². The molecule has 1 aromatic heterocycles. The van der Waals surface area contributed by atoms with Crippen molar-refractivity contribution < 1.29 is 19.1 Å². The van der Waals surface area contributed by atoms with Crippen LogP contribution >= 0.6 is 11.6 Å². The minimum Gasteiger partial charge on any atom is -0.454 e. The number of methoxy groups -OCH3 is 1. The van der Waals surface area contributed by atoms with Crippen molar-refractivity contribution in [2.24, 2.45) is 0 Å². The van der Waals surface area contributed by atoms with Crippen LogP contribution in [0.2, 0.25) is 5.02 Å². The number of rotatable bonds is 5. The van der Waals surface area contributed by atoms with E-state index in [1.54, 1.807) is 6.07 Å². The standard InChI is InChI=1S/C10H11ClN2O4/c1-16-6-10(15)17-5-9(14)13-8-3-2-7(11)4-12-8/h2-4H,5-6H2,1H3,(H,12,13,14). The first-order chi connectivity index (χ1) is 8.11. The summed E-state index contributed by atoms with van der Waals surface area (Å²) < 4.78 is 9.14. The molecular weight excluding hydrogens is 248 g/mol. The minimum absolute atomic E-state index is 0.188. The van der Waals surface area contributed by atoms with Gasteiger partial charge >= 0.3 is 5.97 Å². The number of pyridine rings is 1. The van der Waals surface area contributed by atoms with Crippen LogP contribution in [0.1, 0.15) is 0 Å². The first-order valence-electron chi connectivity index (χ1n) is 4.68. The van der Waals surface area contributed by atoms with Gasteiger partial charge in [-0.05, 0) is 12.1 Å². The normalized spacial score (nSPS) is 9.76. The van der Waals surface area contributed by atoms with Crippen LogP contribution in [0.15, 0.2) is 18.3 Å². The highest BCUT2D eigenvalue weighted by Crippen LogP contribution is 2.09. The van der Waals surface area contributed by atoms with Crippen LogP contribution in [0.25, 0.3) is 0 Å². The molecule has 1 rings (SSSR count). The van der Waals surface area contributed by atoms with E-state index in [1.807, 2.05) is 0 Å². The predicted octanol–water partition coefficient (Wildman–Crippen LogP) is 0.863. The summed E-state index contributed by atoms with van der Waals surface area (Å²) in [4.78, 5) is 26.0.